The Labute approximate surface area is 105 Å². The molecule has 2 N–H and O–H groups in total. The summed E-state index contributed by atoms with van der Waals surface area (Å²) < 4.78 is 27.8. The van der Waals surface area contributed by atoms with Gasteiger partial charge in [0.2, 0.25) is 0 Å². The predicted octanol–water partition coefficient (Wildman–Crippen LogP) is 0.676. The second kappa shape index (κ2) is 5.19. The molecular formula is C11H13N3O3S. The summed E-state index contributed by atoms with van der Waals surface area (Å²) in [5.74, 6) is 0. The van der Waals surface area contributed by atoms with E-state index in [1.165, 1.54) is 17.1 Å². The summed E-state index contributed by atoms with van der Waals surface area (Å²) in [5, 5.41) is 12.6. The number of nitrogens with one attached hydrogen (secondary N) is 1. The number of benzene rings is 1. The van der Waals surface area contributed by atoms with Crippen LogP contribution in [0.25, 0.3) is 0 Å². The van der Waals surface area contributed by atoms with Crippen molar-refractivity contribution in [2.45, 2.75) is 11.4 Å². The highest BCUT2D eigenvalue weighted by Crippen LogP contribution is 2.14. The van der Waals surface area contributed by atoms with Gasteiger partial charge in [-0.1, -0.05) is 18.2 Å². The molecule has 96 valence electrons. The van der Waals surface area contributed by atoms with E-state index < -0.39 is 10.0 Å². The Hall–Kier alpha value is -1.86. The van der Waals surface area contributed by atoms with Gasteiger partial charge in [0.05, 0.1) is 19.3 Å². The molecule has 0 radical (unpaired) electrons. The Kier molecular flexibility index (Phi) is 3.63. The van der Waals surface area contributed by atoms with E-state index in [0.717, 1.165) is 0 Å². The number of hydrogen-bond acceptors (Lipinski definition) is 4. The molecule has 2 aromatic rings. The van der Waals surface area contributed by atoms with Crippen molar-refractivity contribution in [2.24, 2.45) is 0 Å². The molecular weight excluding hydrogens is 254 g/mol. The molecule has 0 spiro atoms. The summed E-state index contributed by atoms with van der Waals surface area (Å²) in [6, 6.07) is 8.61. The van der Waals surface area contributed by atoms with Crippen molar-refractivity contribution in [3.8, 4) is 0 Å². The first kappa shape index (κ1) is 12.6. The van der Waals surface area contributed by atoms with Crippen molar-refractivity contribution in [3.63, 3.8) is 0 Å². The second-order valence-electron chi connectivity index (χ2n) is 3.63. The van der Waals surface area contributed by atoms with E-state index in [9.17, 15) is 8.42 Å². The van der Waals surface area contributed by atoms with E-state index in [2.05, 4.69) is 9.82 Å². The van der Waals surface area contributed by atoms with Crippen LogP contribution in [0.4, 0.5) is 5.69 Å². The van der Waals surface area contributed by atoms with Crippen LogP contribution in [0.1, 0.15) is 0 Å². The number of aliphatic hydroxyl groups excluding tert-OH is 1. The van der Waals surface area contributed by atoms with Crippen LogP contribution in [0.2, 0.25) is 0 Å². The molecule has 18 heavy (non-hydrogen) atoms. The Bertz CT molecular complexity index is 607. The Morgan fingerprint density at radius 1 is 1.28 bits per heavy atom. The summed E-state index contributed by atoms with van der Waals surface area (Å²) in [7, 11) is -3.63. The van der Waals surface area contributed by atoms with E-state index in [1.54, 1.807) is 30.3 Å². The van der Waals surface area contributed by atoms with Gasteiger partial charge in [-0.15, -0.1) is 0 Å². The highest BCUT2D eigenvalue weighted by molar-refractivity contribution is 7.92. The Morgan fingerprint density at radius 2 is 2.00 bits per heavy atom. The topological polar surface area (TPSA) is 84.2 Å². The minimum atomic E-state index is -3.63. The lowest BCUT2D eigenvalue weighted by molar-refractivity contribution is 0.269. The number of aromatic nitrogens is 2. The van der Waals surface area contributed by atoms with Crippen molar-refractivity contribution in [1.29, 1.82) is 0 Å². The number of hydrogen-bond donors (Lipinski definition) is 2. The van der Waals surface area contributed by atoms with Crippen molar-refractivity contribution in [2.75, 3.05) is 11.3 Å². The summed E-state index contributed by atoms with van der Waals surface area (Å²) in [6.45, 7) is 0.175. The monoisotopic (exact) mass is 267 g/mol. The SMILES string of the molecule is O=S(=O)(Nc1ccccc1)c1cnn(CCO)c1. The van der Waals surface area contributed by atoms with E-state index in [-0.39, 0.29) is 18.0 Å². The fraction of sp³-hybridized carbons (Fsp3) is 0.182. The van der Waals surface area contributed by atoms with Gasteiger partial charge in [-0.25, -0.2) is 8.42 Å². The van der Waals surface area contributed by atoms with Gasteiger partial charge < -0.3 is 5.11 Å². The molecule has 0 saturated carbocycles. The number of sulfonamides is 1. The minimum Gasteiger partial charge on any atom is -0.394 e. The molecule has 0 saturated heterocycles. The number of aliphatic hydroxyl groups is 1. The minimum absolute atomic E-state index is 0.0693. The number of rotatable bonds is 5. The first-order valence-electron chi connectivity index (χ1n) is 5.33. The van der Waals surface area contributed by atoms with Crippen molar-refractivity contribution < 1.29 is 13.5 Å². The molecule has 1 aromatic heterocycles. The van der Waals surface area contributed by atoms with E-state index >= 15 is 0 Å². The molecule has 7 heteroatoms. The fourth-order valence-electron chi connectivity index (χ4n) is 1.43. The summed E-state index contributed by atoms with van der Waals surface area (Å²) in [5.41, 5.74) is 0.493. The molecule has 0 unspecified atom stereocenters. The van der Waals surface area contributed by atoms with Crippen LogP contribution in [0.15, 0.2) is 47.6 Å². The lowest BCUT2D eigenvalue weighted by Crippen LogP contribution is -2.12. The maximum atomic E-state index is 12.0. The first-order chi connectivity index (χ1) is 8.62. The van der Waals surface area contributed by atoms with Gasteiger partial charge in [0.25, 0.3) is 10.0 Å². The van der Waals surface area contributed by atoms with Crippen LogP contribution >= 0.6 is 0 Å². The van der Waals surface area contributed by atoms with Crippen LogP contribution in [0.3, 0.4) is 0 Å². The third kappa shape index (κ3) is 2.88. The molecule has 0 aliphatic carbocycles. The summed E-state index contributed by atoms with van der Waals surface area (Å²) >= 11 is 0. The maximum absolute atomic E-state index is 12.0. The molecule has 0 aliphatic heterocycles. The number of para-hydroxylation sites is 1. The van der Waals surface area contributed by atoms with Crippen LogP contribution in [-0.2, 0) is 16.6 Å². The molecule has 0 atom stereocenters. The van der Waals surface area contributed by atoms with Gasteiger partial charge in [-0.3, -0.25) is 9.40 Å². The lowest BCUT2D eigenvalue weighted by Gasteiger charge is -2.05. The molecule has 2 rings (SSSR count). The van der Waals surface area contributed by atoms with Crippen LogP contribution < -0.4 is 4.72 Å². The van der Waals surface area contributed by atoms with Crippen LogP contribution in [0.5, 0.6) is 0 Å². The maximum Gasteiger partial charge on any atom is 0.265 e. The van der Waals surface area contributed by atoms with Gasteiger partial charge in [-0.2, -0.15) is 5.10 Å². The van der Waals surface area contributed by atoms with Gasteiger partial charge in [0, 0.05) is 11.9 Å². The van der Waals surface area contributed by atoms with E-state index in [1.807, 2.05) is 0 Å². The molecule has 6 nitrogen and oxygen atoms in total. The van der Waals surface area contributed by atoms with E-state index in [4.69, 9.17) is 5.11 Å². The average Bonchev–Trinajstić information content (AvgIpc) is 2.80. The van der Waals surface area contributed by atoms with Crippen molar-refractivity contribution in [3.05, 3.63) is 42.7 Å². The Balaban J connectivity index is 2.20. The molecule has 1 heterocycles. The Morgan fingerprint density at radius 3 is 2.67 bits per heavy atom. The van der Waals surface area contributed by atoms with Gasteiger partial charge in [-0.05, 0) is 12.1 Å². The second-order valence-corrected chi connectivity index (χ2v) is 5.32. The smallest absolute Gasteiger partial charge is 0.265 e. The molecule has 0 amide bonds. The van der Waals surface area contributed by atoms with Crippen molar-refractivity contribution in [1.82, 2.24) is 9.78 Å². The van der Waals surface area contributed by atoms with Crippen molar-refractivity contribution >= 4 is 15.7 Å². The largest absolute Gasteiger partial charge is 0.394 e. The first-order valence-corrected chi connectivity index (χ1v) is 6.81. The summed E-state index contributed by atoms with van der Waals surface area (Å²) in [6.07, 6.45) is 2.63. The average molecular weight is 267 g/mol. The quantitative estimate of drug-likeness (QED) is 0.834. The zero-order valence-electron chi connectivity index (χ0n) is 9.52. The number of nitrogens with zero attached hydrogens (tertiary/aromatic N) is 2. The molecule has 0 fully saturated rings. The number of anilines is 1. The van der Waals surface area contributed by atoms with Gasteiger partial charge in [0.15, 0.2) is 0 Å². The third-order valence-electron chi connectivity index (χ3n) is 2.27. The third-order valence-corrected chi connectivity index (χ3v) is 3.61. The zero-order valence-corrected chi connectivity index (χ0v) is 10.3. The molecule has 0 bridgehead atoms. The fourth-order valence-corrected chi connectivity index (χ4v) is 2.44. The standard InChI is InChI=1S/C11H13N3O3S/c15-7-6-14-9-11(8-12-14)18(16,17)13-10-4-2-1-3-5-10/h1-5,8-9,13,15H,6-7H2. The van der Waals surface area contributed by atoms with Gasteiger partial charge >= 0.3 is 0 Å². The van der Waals surface area contributed by atoms with Gasteiger partial charge in [0.1, 0.15) is 4.90 Å². The summed E-state index contributed by atoms with van der Waals surface area (Å²) in [4.78, 5) is 0.0693. The predicted molar refractivity (Wildman–Crippen MR) is 66.6 cm³/mol. The van der Waals surface area contributed by atoms with Crippen LogP contribution in [-0.4, -0.2) is 29.9 Å². The lowest BCUT2D eigenvalue weighted by atomic mass is 10.3. The highest BCUT2D eigenvalue weighted by Gasteiger charge is 2.16. The molecule has 1 aromatic carbocycles. The molecule has 0 aliphatic rings. The van der Waals surface area contributed by atoms with Crippen LogP contribution in [0, 0.1) is 0 Å². The zero-order chi connectivity index (χ0) is 13.0. The highest BCUT2D eigenvalue weighted by atomic mass is 32.2. The normalized spacial score (nSPS) is 11.4. The van der Waals surface area contributed by atoms with E-state index in [0.29, 0.717) is 5.69 Å².